The van der Waals surface area contributed by atoms with E-state index in [4.69, 9.17) is 0 Å². The zero-order valence-electron chi connectivity index (χ0n) is 18.9. The summed E-state index contributed by atoms with van der Waals surface area (Å²) in [5.74, 6) is -1.72. The van der Waals surface area contributed by atoms with Crippen LogP contribution in [0.5, 0.6) is 0 Å². The van der Waals surface area contributed by atoms with E-state index in [1.165, 1.54) is 44.9 Å². The summed E-state index contributed by atoms with van der Waals surface area (Å²) >= 11 is 0. The maximum atomic E-state index is 12.2. The van der Waals surface area contributed by atoms with E-state index in [-0.39, 0.29) is 11.9 Å². The molecule has 0 unspecified atom stereocenters. The van der Waals surface area contributed by atoms with E-state index in [0.717, 1.165) is 19.3 Å². The van der Waals surface area contributed by atoms with Crippen LogP contribution in [-0.4, -0.2) is 30.3 Å². The number of amides is 3. The van der Waals surface area contributed by atoms with Gasteiger partial charge in [0.05, 0.1) is 11.3 Å². The predicted molar refractivity (Wildman–Crippen MR) is 123 cm³/mol. The van der Waals surface area contributed by atoms with Crippen LogP contribution in [0.2, 0.25) is 0 Å². The van der Waals surface area contributed by atoms with Crippen LogP contribution in [-0.2, 0) is 9.59 Å². The fourth-order valence-corrected chi connectivity index (χ4v) is 3.20. The first-order valence-corrected chi connectivity index (χ1v) is 11.4. The molecule has 0 aromatic heterocycles. The van der Waals surface area contributed by atoms with Crippen LogP contribution in [0, 0.1) is 0 Å². The zero-order valence-corrected chi connectivity index (χ0v) is 18.9. The van der Waals surface area contributed by atoms with E-state index in [9.17, 15) is 14.4 Å². The minimum Gasteiger partial charge on any atom is -0.350 e. The van der Waals surface area contributed by atoms with Crippen LogP contribution in [0.25, 0.3) is 0 Å². The second-order valence-electron chi connectivity index (χ2n) is 8.07. The standard InChI is InChI=1S/C24H39N3O3/c1-4-5-6-7-8-9-10-11-12-15-18-25-23(29)24(30)27-21-17-14-13-16-20(21)22(28)26-19(2)3/h13-14,16-17,19H,4-12,15,18H2,1-3H3,(H,25,29)(H,26,28)(H,27,30). The summed E-state index contributed by atoms with van der Waals surface area (Å²) in [5.41, 5.74) is 0.664. The van der Waals surface area contributed by atoms with E-state index >= 15 is 0 Å². The van der Waals surface area contributed by atoms with Gasteiger partial charge in [0.15, 0.2) is 0 Å². The third-order valence-electron chi connectivity index (χ3n) is 4.86. The Balaban J connectivity index is 2.25. The molecular formula is C24H39N3O3. The molecule has 0 radical (unpaired) electrons. The Labute approximate surface area is 181 Å². The lowest BCUT2D eigenvalue weighted by Crippen LogP contribution is -2.37. The first-order chi connectivity index (χ1) is 14.5. The number of carbonyl (C=O) groups is 3. The smallest absolute Gasteiger partial charge is 0.313 e. The van der Waals surface area contributed by atoms with Gasteiger partial charge in [-0.05, 0) is 32.4 Å². The molecule has 6 heteroatoms. The molecule has 3 amide bonds. The summed E-state index contributed by atoms with van der Waals surface area (Å²) in [7, 11) is 0. The van der Waals surface area contributed by atoms with Crippen molar-refractivity contribution in [2.75, 3.05) is 11.9 Å². The molecule has 0 aliphatic heterocycles. The van der Waals surface area contributed by atoms with Gasteiger partial charge in [-0.1, -0.05) is 76.8 Å². The lowest BCUT2D eigenvalue weighted by molar-refractivity contribution is -0.136. The van der Waals surface area contributed by atoms with Crippen molar-refractivity contribution in [1.82, 2.24) is 10.6 Å². The highest BCUT2D eigenvalue weighted by molar-refractivity contribution is 6.40. The van der Waals surface area contributed by atoms with Gasteiger partial charge in [-0.25, -0.2) is 0 Å². The van der Waals surface area contributed by atoms with Crippen molar-refractivity contribution in [3.8, 4) is 0 Å². The molecule has 6 nitrogen and oxygen atoms in total. The molecule has 0 aliphatic carbocycles. The molecule has 0 saturated heterocycles. The molecule has 168 valence electrons. The molecule has 0 saturated carbocycles. The van der Waals surface area contributed by atoms with Gasteiger partial charge in [-0.2, -0.15) is 0 Å². The van der Waals surface area contributed by atoms with Crippen molar-refractivity contribution >= 4 is 23.4 Å². The Bertz CT molecular complexity index is 659. The number of para-hydroxylation sites is 1. The molecule has 1 aromatic carbocycles. The fraction of sp³-hybridized carbons (Fsp3) is 0.625. The molecule has 1 aromatic rings. The number of hydrogen-bond acceptors (Lipinski definition) is 3. The fourth-order valence-electron chi connectivity index (χ4n) is 3.20. The molecule has 0 aliphatic rings. The monoisotopic (exact) mass is 417 g/mol. The Morgan fingerprint density at radius 2 is 1.37 bits per heavy atom. The van der Waals surface area contributed by atoms with E-state index in [1.54, 1.807) is 24.3 Å². The third kappa shape index (κ3) is 11.0. The zero-order chi connectivity index (χ0) is 22.2. The number of carbonyl (C=O) groups excluding carboxylic acids is 3. The van der Waals surface area contributed by atoms with Gasteiger partial charge >= 0.3 is 11.8 Å². The predicted octanol–water partition coefficient (Wildman–Crippen LogP) is 4.80. The summed E-state index contributed by atoms with van der Waals surface area (Å²) in [4.78, 5) is 36.5. The second kappa shape index (κ2) is 15.5. The average molecular weight is 418 g/mol. The maximum absolute atomic E-state index is 12.2. The van der Waals surface area contributed by atoms with Crippen LogP contribution in [0.4, 0.5) is 5.69 Å². The molecule has 0 heterocycles. The van der Waals surface area contributed by atoms with Crippen molar-refractivity contribution in [2.24, 2.45) is 0 Å². The average Bonchev–Trinajstić information content (AvgIpc) is 2.71. The first kappa shape index (κ1) is 25.7. The summed E-state index contributed by atoms with van der Waals surface area (Å²) in [6.07, 6.45) is 12.2. The highest BCUT2D eigenvalue weighted by atomic mass is 16.2. The van der Waals surface area contributed by atoms with Crippen LogP contribution < -0.4 is 16.0 Å². The number of hydrogen-bond donors (Lipinski definition) is 3. The van der Waals surface area contributed by atoms with Crippen molar-refractivity contribution in [1.29, 1.82) is 0 Å². The van der Waals surface area contributed by atoms with Crippen LogP contribution in [0.3, 0.4) is 0 Å². The van der Waals surface area contributed by atoms with E-state index < -0.39 is 11.8 Å². The quantitative estimate of drug-likeness (QED) is 0.300. The molecule has 0 atom stereocenters. The minimum atomic E-state index is -0.758. The Hall–Kier alpha value is -2.37. The number of anilines is 1. The van der Waals surface area contributed by atoms with Gasteiger partial charge in [0.2, 0.25) is 0 Å². The summed E-state index contributed by atoms with van der Waals surface area (Å²) in [6.45, 7) is 6.44. The van der Waals surface area contributed by atoms with E-state index in [2.05, 4.69) is 22.9 Å². The highest BCUT2D eigenvalue weighted by Gasteiger charge is 2.17. The highest BCUT2D eigenvalue weighted by Crippen LogP contribution is 2.15. The third-order valence-corrected chi connectivity index (χ3v) is 4.86. The molecule has 30 heavy (non-hydrogen) atoms. The van der Waals surface area contributed by atoms with Gasteiger partial charge in [0, 0.05) is 12.6 Å². The molecule has 3 N–H and O–H groups in total. The lowest BCUT2D eigenvalue weighted by Gasteiger charge is -2.13. The Morgan fingerprint density at radius 3 is 1.97 bits per heavy atom. The number of rotatable bonds is 14. The van der Waals surface area contributed by atoms with Gasteiger partial charge in [-0.15, -0.1) is 0 Å². The molecule has 0 spiro atoms. The molecular weight excluding hydrogens is 378 g/mol. The number of unbranched alkanes of at least 4 members (excludes halogenated alkanes) is 9. The van der Waals surface area contributed by atoms with Crippen LogP contribution >= 0.6 is 0 Å². The lowest BCUT2D eigenvalue weighted by atomic mass is 10.1. The first-order valence-electron chi connectivity index (χ1n) is 11.4. The maximum Gasteiger partial charge on any atom is 0.313 e. The molecule has 0 bridgehead atoms. The van der Waals surface area contributed by atoms with Crippen molar-refractivity contribution < 1.29 is 14.4 Å². The SMILES string of the molecule is CCCCCCCCCCCCNC(=O)C(=O)Nc1ccccc1C(=O)NC(C)C. The topological polar surface area (TPSA) is 87.3 Å². The van der Waals surface area contributed by atoms with Crippen LogP contribution in [0.15, 0.2) is 24.3 Å². The normalized spacial score (nSPS) is 10.7. The summed E-state index contributed by atoms with van der Waals surface area (Å²) in [5, 5.41) is 7.99. The van der Waals surface area contributed by atoms with Gasteiger partial charge in [-0.3, -0.25) is 14.4 Å². The van der Waals surface area contributed by atoms with Gasteiger partial charge in [0.1, 0.15) is 0 Å². The Kier molecular flexibility index (Phi) is 13.2. The van der Waals surface area contributed by atoms with E-state index in [1.807, 2.05) is 13.8 Å². The van der Waals surface area contributed by atoms with Crippen molar-refractivity contribution in [2.45, 2.75) is 91.0 Å². The number of nitrogens with one attached hydrogen (secondary N) is 3. The molecule has 0 fully saturated rings. The largest absolute Gasteiger partial charge is 0.350 e. The van der Waals surface area contributed by atoms with Gasteiger partial charge < -0.3 is 16.0 Å². The minimum absolute atomic E-state index is 0.0226. The number of benzene rings is 1. The van der Waals surface area contributed by atoms with Crippen molar-refractivity contribution in [3.63, 3.8) is 0 Å². The summed E-state index contributed by atoms with van der Waals surface area (Å²) < 4.78 is 0. The molecule has 1 rings (SSSR count). The van der Waals surface area contributed by atoms with Gasteiger partial charge in [0.25, 0.3) is 5.91 Å². The Morgan fingerprint density at radius 1 is 0.800 bits per heavy atom. The summed E-state index contributed by atoms with van der Waals surface area (Å²) in [6, 6.07) is 6.64. The second-order valence-corrected chi connectivity index (χ2v) is 8.07. The van der Waals surface area contributed by atoms with Crippen molar-refractivity contribution in [3.05, 3.63) is 29.8 Å². The van der Waals surface area contributed by atoms with E-state index in [0.29, 0.717) is 17.8 Å². The van der Waals surface area contributed by atoms with Crippen LogP contribution in [0.1, 0.15) is 95.3 Å².